The zero-order chi connectivity index (χ0) is 16.6. The first-order valence-corrected chi connectivity index (χ1v) is 7.23. The smallest absolute Gasteiger partial charge is 0.169 e. The maximum absolute atomic E-state index is 13.9. The van der Waals surface area contributed by atoms with Gasteiger partial charge in [-0.25, -0.2) is 13.2 Å². The van der Waals surface area contributed by atoms with Crippen LogP contribution in [0.2, 0.25) is 0 Å². The van der Waals surface area contributed by atoms with E-state index in [1.807, 2.05) is 0 Å². The number of anilines is 1. The summed E-state index contributed by atoms with van der Waals surface area (Å²) in [4.78, 5) is 0. The molecule has 1 aliphatic rings. The van der Waals surface area contributed by atoms with Crippen LogP contribution in [0.1, 0.15) is 29.9 Å². The molecule has 0 aliphatic heterocycles. The number of ether oxygens (including phenoxy) is 2. The van der Waals surface area contributed by atoms with Gasteiger partial charge >= 0.3 is 0 Å². The van der Waals surface area contributed by atoms with E-state index in [1.54, 1.807) is 0 Å². The number of nitrogens with two attached hydrogens (primary N) is 1. The molecule has 122 valence electrons. The molecule has 0 radical (unpaired) electrons. The van der Waals surface area contributed by atoms with Gasteiger partial charge < -0.3 is 15.2 Å². The highest BCUT2D eigenvalue weighted by Crippen LogP contribution is 2.45. The van der Waals surface area contributed by atoms with Gasteiger partial charge in [0.15, 0.2) is 11.6 Å². The van der Waals surface area contributed by atoms with Gasteiger partial charge in [-0.15, -0.1) is 0 Å². The van der Waals surface area contributed by atoms with E-state index >= 15 is 0 Å². The van der Waals surface area contributed by atoms with E-state index < -0.39 is 17.5 Å². The van der Waals surface area contributed by atoms with Gasteiger partial charge in [-0.3, -0.25) is 0 Å². The van der Waals surface area contributed by atoms with Crippen molar-refractivity contribution in [1.82, 2.24) is 0 Å². The van der Waals surface area contributed by atoms with E-state index in [0.717, 1.165) is 18.9 Å². The fraction of sp³-hybridized carbons (Fsp3) is 0.294. The van der Waals surface area contributed by atoms with Crippen LogP contribution in [-0.4, -0.2) is 7.11 Å². The highest BCUT2D eigenvalue weighted by molar-refractivity contribution is 5.52. The Balaban J connectivity index is 1.90. The molecule has 0 atom stereocenters. The third-order valence-corrected chi connectivity index (χ3v) is 3.89. The van der Waals surface area contributed by atoms with E-state index in [0.29, 0.717) is 11.3 Å². The highest BCUT2D eigenvalue weighted by atomic mass is 19.2. The molecule has 0 spiro atoms. The second-order valence-electron chi connectivity index (χ2n) is 5.52. The monoisotopic (exact) mass is 323 g/mol. The summed E-state index contributed by atoms with van der Waals surface area (Å²) < 4.78 is 51.6. The van der Waals surface area contributed by atoms with E-state index in [-0.39, 0.29) is 29.5 Å². The maximum Gasteiger partial charge on any atom is 0.169 e. The van der Waals surface area contributed by atoms with Crippen LogP contribution in [0.5, 0.6) is 11.5 Å². The molecule has 0 aromatic heterocycles. The summed E-state index contributed by atoms with van der Waals surface area (Å²) in [5, 5.41) is 0. The lowest BCUT2D eigenvalue weighted by Gasteiger charge is -2.15. The normalized spacial score (nSPS) is 13.9. The molecule has 0 heterocycles. The molecule has 0 amide bonds. The van der Waals surface area contributed by atoms with Crippen LogP contribution in [0.4, 0.5) is 18.9 Å². The number of hydrogen-bond acceptors (Lipinski definition) is 3. The topological polar surface area (TPSA) is 44.5 Å². The second kappa shape index (κ2) is 6.02. The minimum absolute atomic E-state index is 0.0304. The first-order chi connectivity index (χ1) is 11.0. The van der Waals surface area contributed by atoms with Crippen LogP contribution >= 0.6 is 0 Å². The average Bonchev–Trinajstić information content (AvgIpc) is 3.36. The van der Waals surface area contributed by atoms with E-state index in [4.69, 9.17) is 15.2 Å². The summed E-state index contributed by atoms with van der Waals surface area (Å²) in [6, 6.07) is 5.05. The van der Waals surface area contributed by atoms with Crippen LogP contribution in [0.3, 0.4) is 0 Å². The number of benzene rings is 2. The Morgan fingerprint density at radius 1 is 1.09 bits per heavy atom. The SMILES string of the molecule is COc1ccc(F)c(F)c1COc1cc(N)c(F)cc1C1CC1. The van der Waals surface area contributed by atoms with Crippen molar-refractivity contribution in [2.45, 2.75) is 25.4 Å². The van der Waals surface area contributed by atoms with E-state index in [1.165, 1.54) is 25.3 Å². The first-order valence-electron chi connectivity index (χ1n) is 7.23. The van der Waals surface area contributed by atoms with Gasteiger partial charge in [0.2, 0.25) is 0 Å². The molecule has 0 bridgehead atoms. The molecule has 1 aliphatic carbocycles. The summed E-state index contributed by atoms with van der Waals surface area (Å²) in [7, 11) is 1.36. The number of halogens is 3. The number of rotatable bonds is 5. The lowest BCUT2D eigenvalue weighted by atomic mass is 10.1. The Kier molecular flexibility index (Phi) is 4.07. The fourth-order valence-corrected chi connectivity index (χ4v) is 2.47. The molecule has 2 N–H and O–H groups in total. The van der Waals surface area contributed by atoms with Gasteiger partial charge in [-0.2, -0.15) is 0 Å². The van der Waals surface area contributed by atoms with Gasteiger partial charge in [0.05, 0.1) is 18.4 Å². The van der Waals surface area contributed by atoms with Gasteiger partial charge in [0.25, 0.3) is 0 Å². The van der Waals surface area contributed by atoms with Crippen LogP contribution in [0.25, 0.3) is 0 Å². The number of methoxy groups -OCH3 is 1. The zero-order valence-corrected chi connectivity index (χ0v) is 12.5. The van der Waals surface area contributed by atoms with Crippen molar-refractivity contribution in [2.75, 3.05) is 12.8 Å². The van der Waals surface area contributed by atoms with Crippen LogP contribution in [-0.2, 0) is 6.61 Å². The number of hydrogen-bond donors (Lipinski definition) is 1. The van der Waals surface area contributed by atoms with E-state index in [2.05, 4.69) is 0 Å². The van der Waals surface area contributed by atoms with Crippen LogP contribution in [0, 0.1) is 17.5 Å². The molecular weight excluding hydrogens is 307 g/mol. The van der Waals surface area contributed by atoms with Gasteiger partial charge in [0.1, 0.15) is 23.9 Å². The summed E-state index contributed by atoms with van der Waals surface area (Å²) in [6.45, 7) is -0.239. The van der Waals surface area contributed by atoms with Crippen molar-refractivity contribution in [1.29, 1.82) is 0 Å². The Morgan fingerprint density at radius 2 is 1.83 bits per heavy atom. The zero-order valence-electron chi connectivity index (χ0n) is 12.5. The van der Waals surface area contributed by atoms with Crippen molar-refractivity contribution >= 4 is 5.69 Å². The third kappa shape index (κ3) is 3.06. The standard InChI is InChI=1S/C17H16F3NO2/c1-22-15-5-4-12(18)17(20)11(15)8-23-16-7-14(21)13(19)6-10(16)9-2-3-9/h4-7,9H,2-3,8,21H2,1H3. The molecule has 1 saturated carbocycles. The molecule has 0 saturated heterocycles. The van der Waals surface area contributed by atoms with Crippen molar-refractivity contribution in [3.8, 4) is 11.5 Å². The minimum Gasteiger partial charge on any atom is -0.496 e. The van der Waals surface area contributed by atoms with Crippen LogP contribution in [0.15, 0.2) is 24.3 Å². The highest BCUT2D eigenvalue weighted by Gasteiger charge is 2.28. The minimum atomic E-state index is -1.02. The molecule has 2 aromatic rings. The Labute approximate surface area is 131 Å². The summed E-state index contributed by atoms with van der Waals surface area (Å²) >= 11 is 0. The number of nitrogen functional groups attached to an aromatic ring is 1. The lowest BCUT2D eigenvalue weighted by molar-refractivity contribution is 0.283. The average molecular weight is 323 g/mol. The Morgan fingerprint density at radius 3 is 2.48 bits per heavy atom. The largest absolute Gasteiger partial charge is 0.496 e. The van der Waals surface area contributed by atoms with Crippen molar-refractivity contribution in [3.63, 3.8) is 0 Å². The third-order valence-electron chi connectivity index (χ3n) is 3.89. The quantitative estimate of drug-likeness (QED) is 0.841. The molecular formula is C17H16F3NO2. The summed E-state index contributed by atoms with van der Waals surface area (Å²) in [5.74, 6) is -1.71. The van der Waals surface area contributed by atoms with E-state index in [9.17, 15) is 13.2 Å². The van der Waals surface area contributed by atoms with Crippen molar-refractivity contribution < 1.29 is 22.6 Å². The molecule has 3 nitrogen and oxygen atoms in total. The predicted molar refractivity (Wildman–Crippen MR) is 80.0 cm³/mol. The fourth-order valence-electron chi connectivity index (χ4n) is 2.47. The second-order valence-corrected chi connectivity index (χ2v) is 5.52. The first kappa shape index (κ1) is 15.5. The lowest BCUT2D eigenvalue weighted by Crippen LogP contribution is -2.06. The van der Waals surface area contributed by atoms with Crippen molar-refractivity contribution in [2.24, 2.45) is 0 Å². The molecule has 3 rings (SSSR count). The Hall–Kier alpha value is -2.37. The van der Waals surface area contributed by atoms with Gasteiger partial charge in [-0.05, 0) is 37.0 Å². The van der Waals surface area contributed by atoms with Crippen molar-refractivity contribution in [3.05, 3.63) is 52.8 Å². The maximum atomic E-state index is 13.9. The molecule has 6 heteroatoms. The molecule has 1 fully saturated rings. The molecule has 23 heavy (non-hydrogen) atoms. The predicted octanol–water partition coefficient (Wildman–Crippen LogP) is 4.15. The summed E-state index contributed by atoms with van der Waals surface area (Å²) in [6.07, 6.45) is 1.88. The Bertz CT molecular complexity index is 745. The molecule has 2 aromatic carbocycles. The van der Waals surface area contributed by atoms with Crippen LogP contribution < -0.4 is 15.2 Å². The summed E-state index contributed by atoms with van der Waals surface area (Å²) in [5.41, 5.74) is 6.20. The molecule has 0 unspecified atom stereocenters. The van der Waals surface area contributed by atoms with Gasteiger partial charge in [0, 0.05) is 11.6 Å². The van der Waals surface area contributed by atoms with Gasteiger partial charge in [-0.1, -0.05) is 0 Å².